The zero-order valence-corrected chi connectivity index (χ0v) is 10.9. The van der Waals surface area contributed by atoms with Crippen molar-refractivity contribution in [3.63, 3.8) is 0 Å². The van der Waals surface area contributed by atoms with Gasteiger partial charge < -0.3 is 15.3 Å². The number of hydrogen-bond acceptors (Lipinski definition) is 2. The number of likely N-dealkylation sites (tertiary alicyclic amines) is 2. The van der Waals surface area contributed by atoms with E-state index in [1.807, 2.05) is 23.6 Å². The summed E-state index contributed by atoms with van der Waals surface area (Å²) in [5, 5.41) is 0. The number of carbonyl (C=O) groups excluding carboxylic acids is 2. The third kappa shape index (κ3) is 4.73. The van der Waals surface area contributed by atoms with Crippen molar-refractivity contribution >= 4 is 11.8 Å². The van der Waals surface area contributed by atoms with Gasteiger partial charge in [0.15, 0.2) is 0 Å². The van der Waals surface area contributed by atoms with Crippen LogP contribution in [-0.4, -0.2) is 53.3 Å². The maximum Gasteiger partial charge on any atom is 0.222 e. The number of amides is 2. The summed E-state index contributed by atoms with van der Waals surface area (Å²) in [6, 6.07) is 0. The third-order valence-corrected chi connectivity index (χ3v) is 3.11. The molecule has 0 bridgehead atoms. The lowest BCUT2D eigenvalue weighted by Crippen LogP contribution is -2.23. The highest BCUT2D eigenvalue weighted by atomic mass is 16.2. The summed E-state index contributed by atoms with van der Waals surface area (Å²) in [5.41, 5.74) is 0. The minimum Gasteiger partial charge on any atom is -0.412 e. The molecule has 0 unspecified atom stereocenters. The zero-order chi connectivity index (χ0) is 12.0. The summed E-state index contributed by atoms with van der Waals surface area (Å²) in [6.45, 7) is 7.77. The van der Waals surface area contributed by atoms with Crippen LogP contribution in [0.25, 0.3) is 0 Å². The van der Waals surface area contributed by atoms with E-state index in [2.05, 4.69) is 0 Å². The molecule has 2 fully saturated rings. The average Bonchev–Trinajstić information content (AvgIpc) is 2.87. The van der Waals surface area contributed by atoms with Gasteiger partial charge in [0.05, 0.1) is 0 Å². The summed E-state index contributed by atoms with van der Waals surface area (Å²) in [6.07, 6.45) is 3.67. The highest BCUT2D eigenvalue weighted by molar-refractivity contribution is 5.78. The molecule has 0 aromatic heterocycles. The molecule has 2 heterocycles. The van der Waals surface area contributed by atoms with Crippen LogP contribution < -0.4 is 0 Å². The minimum absolute atomic E-state index is 0. The quantitative estimate of drug-likeness (QED) is 0.706. The van der Waals surface area contributed by atoms with Crippen LogP contribution in [0.5, 0.6) is 0 Å². The standard InChI is InChI=1S/2C6H11NO.H2O/c2*1-2-7-5-3-4-6(7)8;/h2*2-5H2,1H3;1H2. The Morgan fingerprint density at radius 1 is 0.882 bits per heavy atom. The van der Waals surface area contributed by atoms with E-state index in [1.54, 1.807) is 0 Å². The Bertz CT molecular complexity index is 230. The molecule has 100 valence electrons. The van der Waals surface area contributed by atoms with E-state index in [0.29, 0.717) is 11.8 Å². The smallest absolute Gasteiger partial charge is 0.222 e. The molecule has 0 atom stereocenters. The highest BCUT2D eigenvalue weighted by Gasteiger charge is 2.17. The Morgan fingerprint density at radius 2 is 1.24 bits per heavy atom. The van der Waals surface area contributed by atoms with Gasteiger partial charge in [0.1, 0.15) is 0 Å². The first-order chi connectivity index (χ1) is 7.69. The number of nitrogens with zero attached hydrogens (tertiary/aromatic N) is 2. The lowest BCUT2D eigenvalue weighted by Gasteiger charge is -2.10. The molecule has 0 aliphatic carbocycles. The second-order valence-corrected chi connectivity index (χ2v) is 4.15. The maximum atomic E-state index is 10.7. The molecule has 2 rings (SSSR count). The summed E-state index contributed by atoms with van der Waals surface area (Å²) in [4.78, 5) is 25.2. The molecule has 2 amide bonds. The van der Waals surface area contributed by atoms with Crippen molar-refractivity contribution in [2.75, 3.05) is 26.2 Å². The van der Waals surface area contributed by atoms with Gasteiger partial charge in [0.25, 0.3) is 0 Å². The van der Waals surface area contributed by atoms with Crippen molar-refractivity contribution in [2.45, 2.75) is 39.5 Å². The summed E-state index contributed by atoms with van der Waals surface area (Å²) < 4.78 is 0. The second-order valence-electron chi connectivity index (χ2n) is 4.15. The molecule has 0 radical (unpaired) electrons. The Hall–Kier alpha value is -1.10. The van der Waals surface area contributed by atoms with E-state index in [4.69, 9.17) is 0 Å². The van der Waals surface area contributed by atoms with Gasteiger partial charge in [-0.1, -0.05) is 0 Å². The molecule has 0 aromatic rings. The van der Waals surface area contributed by atoms with Crippen molar-refractivity contribution in [1.82, 2.24) is 9.80 Å². The maximum absolute atomic E-state index is 10.7. The van der Waals surface area contributed by atoms with Crippen molar-refractivity contribution in [2.24, 2.45) is 0 Å². The molecule has 0 saturated carbocycles. The topological polar surface area (TPSA) is 72.1 Å². The fraction of sp³-hybridized carbons (Fsp3) is 0.833. The molecule has 2 aliphatic rings. The van der Waals surface area contributed by atoms with Crippen LogP contribution in [0.3, 0.4) is 0 Å². The average molecular weight is 244 g/mol. The van der Waals surface area contributed by atoms with E-state index in [0.717, 1.165) is 51.9 Å². The van der Waals surface area contributed by atoms with Gasteiger partial charge in [-0.15, -0.1) is 0 Å². The van der Waals surface area contributed by atoms with Gasteiger partial charge in [0.2, 0.25) is 11.8 Å². The molecule has 0 aromatic carbocycles. The van der Waals surface area contributed by atoms with Gasteiger partial charge >= 0.3 is 0 Å². The highest BCUT2D eigenvalue weighted by Crippen LogP contribution is 2.08. The van der Waals surface area contributed by atoms with Crippen LogP contribution in [0.15, 0.2) is 0 Å². The lowest BCUT2D eigenvalue weighted by atomic mass is 10.4. The predicted octanol–water partition coefficient (Wildman–Crippen LogP) is 0.433. The normalized spacial score (nSPS) is 18.9. The number of hydrogen-bond donors (Lipinski definition) is 0. The fourth-order valence-electron chi connectivity index (χ4n) is 2.08. The van der Waals surface area contributed by atoms with Crippen LogP contribution in [0.2, 0.25) is 0 Å². The zero-order valence-electron chi connectivity index (χ0n) is 10.9. The molecule has 2 saturated heterocycles. The number of rotatable bonds is 2. The summed E-state index contributed by atoms with van der Waals surface area (Å²) in [7, 11) is 0. The Kier molecular flexibility index (Phi) is 7.54. The first-order valence-electron chi connectivity index (χ1n) is 6.24. The fourth-order valence-corrected chi connectivity index (χ4v) is 2.08. The van der Waals surface area contributed by atoms with Gasteiger partial charge in [-0.2, -0.15) is 0 Å². The predicted molar refractivity (Wildman–Crippen MR) is 66.6 cm³/mol. The van der Waals surface area contributed by atoms with E-state index in [9.17, 15) is 9.59 Å². The van der Waals surface area contributed by atoms with E-state index in [-0.39, 0.29) is 5.48 Å². The molecule has 2 aliphatic heterocycles. The van der Waals surface area contributed by atoms with Crippen molar-refractivity contribution < 1.29 is 15.1 Å². The van der Waals surface area contributed by atoms with Crippen LogP contribution in [0.4, 0.5) is 0 Å². The molecule has 5 nitrogen and oxygen atoms in total. The molecular formula is C12H24N2O3. The monoisotopic (exact) mass is 244 g/mol. The number of carbonyl (C=O) groups is 2. The van der Waals surface area contributed by atoms with E-state index < -0.39 is 0 Å². The Morgan fingerprint density at radius 3 is 1.35 bits per heavy atom. The lowest BCUT2D eigenvalue weighted by molar-refractivity contribution is -0.128. The van der Waals surface area contributed by atoms with Gasteiger partial charge in [-0.3, -0.25) is 9.59 Å². The van der Waals surface area contributed by atoms with Crippen molar-refractivity contribution in [3.05, 3.63) is 0 Å². The molecule has 2 N–H and O–H groups in total. The summed E-state index contributed by atoms with van der Waals surface area (Å²) >= 11 is 0. The largest absolute Gasteiger partial charge is 0.412 e. The first-order valence-corrected chi connectivity index (χ1v) is 6.24. The third-order valence-electron chi connectivity index (χ3n) is 3.11. The Balaban J connectivity index is 0.000000284. The molecular weight excluding hydrogens is 220 g/mol. The van der Waals surface area contributed by atoms with E-state index >= 15 is 0 Å². The van der Waals surface area contributed by atoms with Crippen LogP contribution >= 0.6 is 0 Å². The van der Waals surface area contributed by atoms with Crippen molar-refractivity contribution in [1.29, 1.82) is 0 Å². The van der Waals surface area contributed by atoms with Crippen LogP contribution in [0, 0.1) is 0 Å². The van der Waals surface area contributed by atoms with Gasteiger partial charge in [0, 0.05) is 39.0 Å². The first kappa shape index (κ1) is 15.9. The summed E-state index contributed by atoms with van der Waals surface area (Å²) in [5.74, 6) is 0.653. The Labute approximate surface area is 103 Å². The molecule has 0 spiro atoms. The van der Waals surface area contributed by atoms with E-state index in [1.165, 1.54) is 0 Å². The van der Waals surface area contributed by atoms with Gasteiger partial charge in [-0.25, -0.2) is 0 Å². The second kappa shape index (κ2) is 8.06. The van der Waals surface area contributed by atoms with Crippen LogP contribution in [0.1, 0.15) is 39.5 Å². The molecule has 5 heteroatoms. The SMILES string of the molecule is CCN1CCCC1=O.CCN1CCCC1=O.O. The molecule has 17 heavy (non-hydrogen) atoms. The van der Waals surface area contributed by atoms with Crippen LogP contribution in [-0.2, 0) is 9.59 Å². The minimum atomic E-state index is 0. The van der Waals surface area contributed by atoms with Gasteiger partial charge in [-0.05, 0) is 26.7 Å². The van der Waals surface area contributed by atoms with Crippen molar-refractivity contribution in [3.8, 4) is 0 Å².